The van der Waals surface area contributed by atoms with Crippen LogP contribution in [0.1, 0.15) is 103 Å². The van der Waals surface area contributed by atoms with Gasteiger partial charge in [0.15, 0.2) is 17.4 Å². The molecular formula is C88H109N25O2S. The van der Waals surface area contributed by atoms with E-state index in [9.17, 15) is 0 Å². The van der Waals surface area contributed by atoms with Gasteiger partial charge in [0.05, 0.1) is 30.4 Å². The molecule has 1 aliphatic carbocycles. The van der Waals surface area contributed by atoms with Crippen LogP contribution >= 0.6 is 11.8 Å². The number of nitrogens with zero attached hydrogens (tertiary/aromatic N) is 13. The number of aromatic nitrogens is 13. The highest BCUT2D eigenvalue weighted by molar-refractivity contribution is 7.99. The van der Waals surface area contributed by atoms with E-state index in [-0.39, 0.29) is 0 Å². The van der Waals surface area contributed by atoms with Gasteiger partial charge in [-0.2, -0.15) is 5.10 Å². The van der Waals surface area contributed by atoms with Crippen molar-refractivity contribution >= 4 is 86.5 Å². The molecule has 1 aromatic carbocycles. The Balaban J connectivity index is 0.000000110. The Kier molecular flexibility index (Phi) is 32.7. The summed E-state index contributed by atoms with van der Waals surface area (Å²) in [6.45, 7) is 13.3. The lowest BCUT2D eigenvalue weighted by atomic mass is 10.1. The molecule has 11 aliphatic heterocycles. The smallest absolute Gasteiger partial charge is 0.168 e. The summed E-state index contributed by atoms with van der Waals surface area (Å²) in [5, 5.41) is 47.8. The molecule has 12 aromatic rings. The molecule has 12 N–H and O–H groups in total. The highest BCUT2D eigenvalue weighted by Crippen LogP contribution is 2.31. The molecule has 24 rings (SSSR count). The molecule has 2 fully saturated rings. The molecule has 116 heavy (non-hydrogen) atoms. The summed E-state index contributed by atoms with van der Waals surface area (Å²) in [5.74, 6) is 12.1. The highest BCUT2D eigenvalue weighted by Gasteiger charge is 2.30. The number of furan rings is 1. The third-order valence-corrected chi connectivity index (χ3v) is 21.4. The first-order valence-electron chi connectivity index (χ1n) is 41.1. The number of aryl methyl sites for hydroxylation is 6. The number of piperidine rings is 1. The van der Waals surface area contributed by atoms with Gasteiger partial charge in [-0.1, -0.05) is 36.4 Å². The fourth-order valence-corrected chi connectivity index (χ4v) is 15.2. The first kappa shape index (κ1) is 82.0. The van der Waals surface area contributed by atoms with Crippen molar-refractivity contribution in [3.8, 4) is 5.75 Å². The number of anilines is 11. The molecule has 604 valence electrons. The second kappa shape index (κ2) is 46.4. The van der Waals surface area contributed by atoms with Gasteiger partial charge < -0.3 is 73.0 Å². The third kappa shape index (κ3) is 26.3. The van der Waals surface area contributed by atoms with Crippen molar-refractivity contribution in [3.63, 3.8) is 0 Å². The Morgan fingerprint density at radius 1 is 0.353 bits per heavy atom. The molecule has 28 heteroatoms. The molecule has 27 nitrogen and oxygen atoms in total. The fraction of sp³-hybridized carbons (Fsp3) is 0.375. The van der Waals surface area contributed by atoms with Gasteiger partial charge in [-0.3, -0.25) is 9.97 Å². The number of nitrogens with one attached hydrogen (secondary N) is 12. The zero-order valence-corrected chi connectivity index (χ0v) is 67.0. The van der Waals surface area contributed by atoms with E-state index in [0.29, 0.717) is 0 Å². The quantitative estimate of drug-likeness (QED) is 0.0671. The molecule has 22 heterocycles. The number of pyridine rings is 7. The SMILES string of the molecule is C1CC2CC1CN2.c1cc2c(cn1)CCCN2.c1cc2c(nn1)NCCC2.c1ccc2occc2c1.c1cnc2c(c1)CCCCN2.c1cnc2c(c1)CCCN2.c1cnc2c(c1)CCN2.c1cnc2c(c1)NCCN2.c1cnc2c(c1)OCCN2.c1cnc2c(c1)SCCN2.c1cnc2c(n1)CCCN2.c1ncc2c(n1)NCCC2. The molecule has 0 amide bonds. The van der Waals surface area contributed by atoms with Crippen LogP contribution in [0, 0.1) is 5.92 Å². The van der Waals surface area contributed by atoms with Gasteiger partial charge in [0.2, 0.25) is 0 Å². The standard InChI is InChI=1S/C9H12N2.2C8H10N2.C8H6O.4C7H9N3.C7H8N2O.C7H8N2S.C7H8N2.C6H11N/c1-2-6-10-9-8(4-1)5-3-7-11-9;1-3-7-4-2-6-10-8(7)9-5-1;1-2-7-6-9-5-3-8(7)10-4-1;1-2-4-8-7(3-1)5-6-9-8;1-2-6-3-5-9-10-7(6)8-4-1;1-2-6-4-8-5-10-7(6)9-3-1;2*1-2-6-7(9-3-1)10-5-4-8-6;2*1-2-6-7(8-3-1)9-4-5-10-6;1-2-6-3-5-9-7(6)8-4-1;1-2-6-3-5(1)4-7-6/h3,5,7H,1-2,4,6H2,(H,10,11);1,3,5H,2,4,6H2,(H,9,10);3,5-6,10H,1-2,4H2;1-6H;3,5H,1-2,4H2,(H,8,10);4-5H,1-3H2,(H,8,9,10);4-5H,1-3H2,(H,9,10);1-3,8H,4-5H2,(H,9,10);2*1-3H,4-5H2,(H,8,9);1-2,4H,3,5H2,(H,8,9);5-7H,1-4H2. The predicted molar refractivity (Wildman–Crippen MR) is 469 cm³/mol. The molecule has 11 aromatic heterocycles. The summed E-state index contributed by atoms with van der Waals surface area (Å²) < 4.78 is 10.4. The number of thioether (sulfide) groups is 1. The van der Waals surface area contributed by atoms with Gasteiger partial charge in [-0.05, 0) is 228 Å². The molecule has 0 radical (unpaired) electrons. The zero-order valence-electron chi connectivity index (χ0n) is 66.2. The molecular weight excluding hydrogens is 1470 g/mol. The number of hydrogen-bond acceptors (Lipinski definition) is 28. The van der Waals surface area contributed by atoms with Crippen molar-refractivity contribution in [2.75, 3.05) is 149 Å². The van der Waals surface area contributed by atoms with Crippen LogP contribution in [0.25, 0.3) is 11.0 Å². The van der Waals surface area contributed by atoms with E-state index in [1.165, 1.54) is 134 Å². The Hall–Kier alpha value is -12.0. The molecule has 2 atom stereocenters. The second-order valence-corrected chi connectivity index (χ2v) is 29.8. The summed E-state index contributed by atoms with van der Waals surface area (Å²) >= 11 is 1.86. The molecule has 2 bridgehead atoms. The number of benzene rings is 1. The average molecular weight is 1580 g/mol. The summed E-state index contributed by atoms with van der Waals surface area (Å²) in [6.07, 6.45) is 46.0. The summed E-state index contributed by atoms with van der Waals surface area (Å²) in [7, 11) is 0. The van der Waals surface area contributed by atoms with Gasteiger partial charge in [0, 0.05) is 167 Å². The van der Waals surface area contributed by atoms with Crippen molar-refractivity contribution in [2.24, 2.45) is 5.92 Å². The lowest BCUT2D eigenvalue weighted by Crippen LogP contribution is -2.23. The van der Waals surface area contributed by atoms with E-state index in [2.05, 4.69) is 153 Å². The minimum atomic E-state index is 0.735. The molecule has 2 unspecified atom stereocenters. The zero-order chi connectivity index (χ0) is 78.9. The third-order valence-electron chi connectivity index (χ3n) is 20.3. The van der Waals surface area contributed by atoms with Crippen LogP contribution in [0.3, 0.4) is 0 Å². The summed E-state index contributed by atoms with van der Waals surface area (Å²) in [5.41, 5.74) is 12.4. The van der Waals surface area contributed by atoms with Gasteiger partial charge in [-0.15, -0.1) is 16.9 Å². The predicted octanol–water partition coefficient (Wildman–Crippen LogP) is 14.9. The molecule has 1 saturated carbocycles. The number of hydrogen-bond donors (Lipinski definition) is 12. The monoisotopic (exact) mass is 1580 g/mol. The molecule has 12 aliphatic rings. The first-order chi connectivity index (χ1) is 57.6. The maximum Gasteiger partial charge on any atom is 0.168 e. The average Bonchev–Trinajstić information content (AvgIpc) is 1.86. The van der Waals surface area contributed by atoms with Crippen LogP contribution < -0.4 is 68.5 Å². The number of ether oxygens (including phenoxy) is 1. The van der Waals surface area contributed by atoms with Gasteiger partial charge in [-0.25, -0.2) is 44.9 Å². The number of para-hydroxylation sites is 1. The Bertz CT molecular complexity index is 3970. The summed E-state index contributed by atoms with van der Waals surface area (Å²) in [6, 6.07) is 39.0. The summed E-state index contributed by atoms with van der Waals surface area (Å²) in [4.78, 5) is 46.8. The van der Waals surface area contributed by atoms with Crippen LogP contribution in [0.15, 0.2) is 212 Å². The van der Waals surface area contributed by atoms with Crippen molar-refractivity contribution < 1.29 is 9.15 Å². The van der Waals surface area contributed by atoms with Crippen LogP contribution in [0.2, 0.25) is 0 Å². The highest BCUT2D eigenvalue weighted by atomic mass is 32.2. The van der Waals surface area contributed by atoms with E-state index in [1.54, 1.807) is 43.6 Å². The van der Waals surface area contributed by atoms with Crippen molar-refractivity contribution in [1.29, 1.82) is 0 Å². The van der Waals surface area contributed by atoms with Crippen molar-refractivity contribution in [3.05, 3.63) is 241 Å². The van der Waals surface area contributed by atoms with Crippen LogP contribution in [-0.2, 0) is 44.9 Å². The van der Waals surface area contributed by atoms with Gasteiger partial charge in [0.25, 0.3) is 0 Å². The van der Waals surface area contributed by atoms with Gasteiger partial charge in [0.1, 0.15) is 59.2 Å². The Morgan fingerprint density at radius 3 is 1.60 bits per heavy atom. The lowest BCUT2D eigenvalue weighted by Gasteiger charge is -2.17. The maximum absolute atomic E-state index is 5.30. The van der Waals surface area contributed by atoms with Crippen LogP contribution in [0.4, 0.5) is 63.7 Å². The van der Waals surface area contributed by atoms with Crippen molar-refractivity contribution in [2.45, 2.75) is 120 Å². The first-order valence-corrected chi connectivity index (χ1v) is 42.1. The number of fused-ring (bicyclic) bond motifs is 13. The van der Waals surface area contributed by atoms with Crippen molar-refractivity contribution in [1.82, 2.24) is 70.3 Å². The largest absolute Gasteiger partial charge is 0.488 e. The van der Waals surface area contributed by atoms with Gasteiger partial charge >= 0.3 is 0 Å². The maximum atomic E-state index is 5.30. The molecule has 0 spiro atoms. The normalized spacial score (nSPS) is 17.0. The molecule has 1 saturated heterocycles. The Labute approximate surface area is 684 Å². The minimum absolute atomic E-state index is 0.735. The topological polar surface area (TPSA) is 334 Å². The van der Waals surface area contributed by atoms with E-state index in [1.807, 2.05) is 146 Å². The fourth-order valence-electron chi connectivity index (χ4n) is 14.4. The second-order valence-electron chi connectivity index (χ2n) is 28.7. The van der Waals surface area contributed by atoms with Crippen LogP contribution in [-0.4, -0.2) is 162 Å². The van der Waals surface area contributed by atoms with E-state index >= 15 is 0 Å². The van der Waals surface area contributed by atoms with E-state index in [0.717, 1.165) is 202 Å². The lowest BCUT2D eigenvalue weighted by molar-refractivity contribution is 0.321. The number of rotatable bonds is 0. The Morgan fingerprint density at radius 2 is 0.922 bits per heavy atom. The van der Waals surface area contributed by atoms with E-state index < -0.39 is 0 Å². The minimum Gasteiger partial charge on any atom is -0.488 e. The van der Waals surface area contributed by atoms with E-state index in [4.69, 9.17) is 9.15 Å². The van der Waals surface area contributed by atoms with Crippen LogP contribution in [0.5, 0.6) is 5.75 Å².